The standard InChI is InChI=1S/C15H12N4O3/c20-13-4-1-9(5-14(13)21)7-18-19-15(22)10-2-3-11-12(6-10)17-8-16-11/h1-8,20-21H,(H,16,17)(H,19,22)/b18-7-. The number of H-pyrrole nitrogens is 1. The molecular formula is C15H12N4O3. The summed E-state index contributed by atoms with van der Waals surface area (Å²) < 4.78 is 0. The van der Waals surface area contributed by atoms with Crippen molar-refractivity contribution < 1.29 is 15.0 Å². The summed E-state index contributed by atoms with van der Waals surface area (Å²) in [6.07, 6.45) is 2.92. The quantitative estimate of drug-likeness (QED) is 0.335. The van der Waals surface area contributed by atoms with Gasteiger partial charge in [0.2, 0.25) is 0 Å². The van der Waals surface area contributed by atoms with Crippen LogP contribution in [0.15, 0.2) is 47.8 Å². The Morgan fingerprint density at radius 3 is 2.86 bits per heavy atom. The highest BCUT2D eigenvalue weighted by atomic mass is 16.3. The van der Waals surface area contributed by atoms with Crippen LogP contribution in [0.1, 0.15) is 15.9 Å². The van der Waals surface area contributed by atoms with Crippen molar-refractivity contribution in [1.82, 2.24) is 15.4 Å². The molecule has 1 amide bonds. The van der Waals surface area contributed by atoms with E-state index >= 15 is 0 Å². The summed E-state index contributed by atoms with van der Waals surface area (Å²) in [6.45, 7) is 0. The first kappa shape index (κ1) is 13.6. The third kappa shape index (κ3) is 2.73. The second-order valence-electron chi connectivity index (χ2n) is 4.58. The van der Waals surface area contributed by atoms with E-state index in [0.717, 1.165) is 11.0 Å². The highest BCUT2D eigenvalue weighted by Crippen LogP contribution is 2.23. The lowest BCUT2D eigenvalue weighted by Gasteiger charge is -2.00. The number of fused-ring (bicyclic) bond motifs is 1. The number of hydrazone groups is 1. The minimum atomic E-state index is -0.365. The van der Waals surface area contributed by atoms with Gasteiger partial charge in [-0.05, 0) is 42.0 Å². The lowest BCUT2D eigenvalue weighted by molar-refractivity contribution is 0.0955. The molecule has 0 unspecified atom stereocenters. The van der Waals surface area contributed by atoms with Gasteiger partial charge < -0.3 is 15.2 Å². The largest absolute Gasteiger partial charge is 0.504 e. The van der Waals surface area contributed by atoms with Crippen LogP contribution in [-0.2, 0) is 0 Å². The van der Waals surface area contributed by atoms with Gasteiger partial charge >= 0.3 is 0 Å². The van der Waals surface area contributed by atoms with Crippen molar-refractivity contribution in [3.8, 4) is 11.5 Å². The minimum absolute atomic E-state index is 0.214. The van der Waals surface area contributed by atoms with Crippen molar-refractivity contribution in [2.24, 2.45) is 5.10 Å². The predicted octanol–water partition coefficient (Wildman–Crippen LogP) is 1.74. The van der Waals surface area contributed by atoms with Gasteiger partial charge in [0, 0.05) is 5.56 Å². The number of aromatic amines is 1. The molecule has 3 rings (SSSR count). The Morgan fingerprint density at radius 1 is 1.18 bits per heavy atom. The summed E-state index contributed by atoms with van der Waals surface area (Å²) in [6, 6.07) is 9.30. The first-order valence-corrected chi connectivity index (χ1v) is 6.42. The van der Waals surface area contributed by atoms with Gasteiger partial charge in [0.15, 0.2) is 11.5 Å². The zero-order valence-electron chi connectivity index (χ0n) is 11.3. The van der Waals surface area contributed by atoms with Crippen LogP contribution in [0.5, 0.6) is 11.5 Å². The Kier molecular flexibility index (Phi) is 3.45. The zero-order chi connectivity index (χ0) is 15.5. The summed E-state index contributed by atoms with van der Waals surface area (Å²) >= 11 is 0. The van der Waals surface area contributed by atoms with E-state index in [1.807, 2.05) is 0 Å². The van der Waals surface area contributed by atoms with E-state index in [1.54, 1.807) is 30.6 Å². The van der Waals surface area contributed by atoms with Crippen LogP contribution in [0, 0.1) is 0 Å². The van der Waals surface area contributed by atoms with Gasteiger partial charge in [0.25, 0.3) is 5.91 Å². The number of nitrogens with one attached hydrogen (secondary N) is 2. The molecule has 0 aliphatic rings. The maximum atomic E-state index is 12.0. The van der Waals surface area contributed by atoms with Gasteiger partial charge in [0.1, 0.15) is 0 Å². The van der Waals surface area contributed by atoms with Gasteiger partial charge in [-0.1, -0.05) is 0 Å². The molecule has 0 saturated heterocycles. The van der Waals surface area contributed by atoms with E-state index < -0.39 is 0 Å². The van der Waals surface area contributed by atoms with Crippen molar-refractivity contribution in [2.45, 2.75) is 0 Å². The van der Waals surface area contributed by atoms with Gasteiger partial charge in [-0.15, -0.1) is 0 Å². The lowest BCUT2D eigenvalue weighted by Crippen LogP contribution is -2.17. The van der Waals surface area contributed by atoms with Crippen molar-refractivity contribution in [3.63, 3.8) is 0 Å². The summed E-state index contributed by atoms with van der Waals surface area (Å²) in [5.74, 6) is -0.829. The van der Waals surface area contributed by atoms with E-state index in [9.17, 15) is 15.0 Å². The number of aromatic hydroxyl groups is 2. The molecular weight excluding hydrogens is 284 g/mol. The molecule has 0 aliphatic carbocycles. The number of amides is 1. The average molecular weight is 296 g/mol. The topological polar surface area (TPSA) is 111 Å². The number of phenols is 2. The molecule has 3 aromatic rings. The van der Waals surface area contributed by atoms with E-state index in [-0.39, 0.29) is 17.4 Å². The van der Waals surface area contributed by atoms with Crippen LogP contribution >= 0.6 is 0 Å². The van der Waals surface area contributed by atoms with E-state index in [2.05, 4.69) is 20.5 Å². The van der Waals surface area contributed by atoms with E-state index in [0.29, 0.717) is 11.1 Å². The monoisotopic (exact) mass is 296 g/mol. The van der Waals surface area contributed by atoms with Crippen LogP contribution in [0.3, 0.4) is 0 Å². The number of phenolic OH excluding ortho intramolecular Hbond substituents is 2. The van der Waals surface area contributed by atoms with Crippen LogP contribution in [-0.4, -0.2) is 32.3 Å². The molecule has 0 radical (unpaired) electrons. The van der Waals surface area contributed by atoms with Crippen LogP contribution in [0.2, 0.25) is 0 Å². The normalized spacial score (nSPS) is 11.1. The molecule has 0 fully saturated rings. The molecule has 2 aromatic carbocycles. The Bertz CT molecular complexity index is 870. The summed E-state index contributed by atoms with van der Waals surface area (Å²) in [5.41, 5.74) is 4.92. The first-order valence-electron chi connectivity index (χ1n) is 6.42. The van der Waals surface area contributed by atoms with Crippen molar-refractivity contribution in [3.05, 3.63) is 53.9 Å². The fraction of sp³-hybridized carbons (Fsp3) is 0. The van der Waals surface area contributed by atoms with Gasteiger partial charge in [-0.25, -0.2) is 10.4 Å². The highest BCUT2D eigenvalue weighted by molar-refractivity contribution is 5.97. The Morgan fingerprint density at radius 2 is 2.05 bits per heavy atom. The van der Waals surface area contributed by atoms with E-state index in [4.69, 9.17) is 0 Å². The SMILES string of the molecule is O=C(N/N=C\c1ccc(O)c(O)c1)c1ccc2nc[nH]c2c1. The van der Waals surface area contributed by atoms with Crippen molar-refractivity contribution in [1.29, 1.82) is 0 Å². The molecule has 22 heavy (non-hydrogen) atoms. The molecule has 0 spiro atoms. The third-order valence-corrected chi connectivity index (χ3v) is 3.06. The number of imidazole rings is 1. The zero-order valence-corrected chi connectivity index (χ0v) is 11.3. The number of carbonyl (C=O) groups excluding carboxylic acids is 1. The van der Waals surface area contributed by atoms with Gasteiger partial charge in [-0.2, -0.15) is 5.10 Å². The molecule has 7 heteroatoms. The molecule has 1 aromatic heterocycles. The average Bonchev–Trinajstić information content (AvgIpc) is 2.98. The molecule has 0 saturated carbocycles. The highest BCUT2D eigenvalue weighted by Gasteiger charge is 2.06. The summed E-state index contributed by atoms with van der Waals surface area (Å²) in [7, 11) is 0. The number of nitrogens with zero attached hydrogens (tertiary/aromatic N) is 2. The number of aromatic nitrogens is 2. The minimum Gasteiger partial charge on any atom is -0.504 e. The molecule has 0 aliphatic heterocycles. The predicted molar refractivity (Wildman–Crippen MR) is 80.9 cm³/mol. The second kappa shape index (κ2) is 5.57. The molecule has 1 heterocycles. The second-order valence-corrected chi connectivity index (χ2v) is 4.58. The summed E-state index contributed by atoms with van der Waals surface area (Å²) in [4.78, 5) is 19.0. The Labute approximate surface area is 124 Å². The fourth-order valence-corrected chi connectivity index (χ4v) is 1.93. The van der Waals surface area contributed by atoms with E-state index in [1.165, 1.54) is 18.3 Å². The number of rotatable bonds is 3. The maximum Gasteiger partial charge on any atom is 0.271 e. The molecule has 110 valence electrons. The Balaban J connectivity index is 1.70. The number of carbonyl (C=O) groups is 1. The van der Waals surface area contributed by atoms with Crippen LogP contribution < -0.4 is 5.43 Å². The van der Waals surface area contributed by atoms with Crippen LogP contribution in [0.4, 0.5) is 0 Å². The third-order valence-electron chi connectivity index (χ3n) is 3.06. The first-order chi connectivity index (χ1) is 10.6. The molecule has 0 atom stereocenters. The number of hydrogen-bond acceptors (Lipinski definition) is 5. The molecule has 0 bridgehead atoms. The molecule has 7 nitrogen and oxygen atoms in total. The van der Waals surface area contributed by atoms with Crippen molar-refractivity contribution >= 4 is 23.2 Å². The van der Waals surface area contributed by atoms with Gasteiger partial charge in [0.05, 0.1) is 23.6 Å². The lowest BCUT2D eigenvalue weighted by atomic mass is 10.2. The maximum absolute atomic E-state index is 12.0. The summed E-state index contributed by atoms with van der Waals surface area (Å²) in [5, 5.41) is 22.4. The van der Waals surface area contributed by atoms with Crippen LogP contribution in [0.25, 0.3) is 11.0 Å². The van der Waals surface area contributed by atoms with Gasteiger partial charge in [-0.3, -0.25) is 4.79 Å². The van der Waals surface area contributed by atoms with Crippen molar-refractivity contribution in [2.75, 3.05) is 0 Å². The smallest absolute Gasteiger partial charge is 0.271 e. The number of benzene rings is 2. The number of hydrogen-bond donors (Lipinski definition) is 4. The fourth-order valence-electron chi connectivity index (χ4n) is 1.93. The Hall–Kier alpha value is -3.35. The molecule has 4 N–H and O–H groups in total.